The fourth-order valence-corrected chi connectivity index (χ4v) is 3.78. The van der Waals surface area contributed by atoms with Crippen LogP contribution in [-0.2, 0) is 11.3 Å². The van der Waals surface area contributed by atoms with Crippen molar-refractivity contribution in [3.63, 3.8) is 0 Å². The summed E-state index contributed by atoms with van der Waals surface area (Å²) in [5, 5.41) is 6.16. The Morgan fingerprint density at radius 3 is 2.60 bits per heavy atom. The quantitative estimate of drug-likeness (QED) is 0.632. The highest BCUT2D eigenvalue weighted by molar-refractivity contribution is 5.83. The van der Waals surface area contributed by atoms with Crippen LogP contribution in [0.25, 0.3) is 11.4 Å². The van der Waals surface area contributed by atoms with Gasteiger partial charge in [-0.25, -0.2) is 9.97 Å². The van der Waals surface area contributed by atoms with Gasteiger partial charge in [-0.1, -0.05) is 30.3 Å². The zero-order valence-electron chi connectivity index (χ0n) is 17.1. The maximum absolute atomic E-state index is 13.2. The second-order valence-corrected chi connectivity index (χ2v) is 7.33. The topological polar surface area (TPSA) is 83.0 Å². The summed E-state index contributed by atoms with van der Waals surface area (Å²) in [4.78, 5) is 28.7. The van der Waals surface area contributed by atoms with Crippen molar-refractivity contribution in [1.29, 1.82) is 0 Å². The third-order valence-electron chi connectivity index (χ3n) is 5.27. The molecule has 4 rings (SSSR count). The number of rotatable bonds is 7. The van der Waals surface area contributed by atoms with Crippen LogP contribution < -0.4 is 10.6 Å². The first kappa shape index (κ1) is 20.0. The first-order valence-corrected chi connectivity index (χ1v) is 10.3. The van der Waals surface area contributed by atoms with Crippen LogP contribution in [0.1, 0.15) is 30.1 Å². The van der Waals surface area contributed by atoms with E-state index in [2.05, 4.69) is 30.5 Å². The van der Waals surface area contributed by atoms with Gasteiger partial charge in [0, 0.05) is 31.1 Å². The van der Waals surface area contributed by atoms with E-state index in [1.165, 1.54) is 0 Å². The molecule has 1 aliphatic rings. The third-order valence-corrected chi connectivity index (χ3v) is 5.27. The molecule has 1 atom stereocenters. The van der Waals surface area contributed by atoms with Crippen molar-refractivity contribution in [2.24, 2.45) is 0 Å². The van der Waals surface area contributed by atoms with Crippen molar-refractivity contribution in [2.45, 2.75) is 25.4 Å². The predicted molar refractivity (Wildman–Crippen MR) is 117 cm³/mol. The van der Waals surface area contributed by atoms with E-state index in [4.69, 9.17) is 0 Å². The third kappa shape index (κ3) is 4.63. The van der Waals surface area contributed by atoms with Crippen molar-refractivity contribution in [3.8, 4) is 11.4 Å². The number of nitrogens with zero attached hydrogens (tertiary/aromatic N) is 4. The standard InChI is InChI=1S/C23H26N6O/c1-24-20-14-19(27-22(28-20)18-10-7-11-25-15-18)16-26-23(30)21(29-12-5-6-13-29)17-8-3-2-4-9-17/h2-4,7-11,14-15,21H,5-6,12-13,16H2,1H3,(H,26,30)(H,24,27,28)/t21-/m0/s1. The van der Waals surface area contributed by atoms with E-state index in [0.29, 0.717) is 18.2 Å². The van der Waals surface area contributed by atoms with E-state index in [1.54, 1.807) is 12.4 Å². The number of benzene rings is 1. The molecule has 1 saturated heterocycles. The Kier molecular flexibility index (Phi) is 6.29. The molecule has 2 N–H and O–H groups in total. The van der Waals surface area contributed by atoms with Crippen molar-refractivity contribution < 1.29 is 4.79 Å². The molecule has 0 aliphatic carbocycles. The van der Waals surface area contributed by atoms with Crippen molar-refractivity contribution in [1.82, 2.24) is 25.2 Å². The number of carbonyl (C=O) groups excluding carboxylic acids is 1. The van der Waals surface area contributed by atoms with Crippen molar-refractivity contribution in [3.05, 3.63) is 72.2 Å². The zero-order chi connectivity index (χ0) is 20.8. The van der Waals surface area contributed by atoms with Gasteiger partial charge < -0.3 is 10.6 Å². The fourth-order valence-electron chi connectivity index (χ4n) is 3.78. The van der Waals surface area contributed by atoms with Gasteiger partial charge in [-0.3, -0.25) is 14.7 Å². The smallest absolute Gasteiger partial charge is 0.242 e. The lowest BCUT2D eigenvalue weighted by atomic mass is 10.0. The number of anilines is 1. The van der Waals surface area contributed by atoms with Gasteiger partial charge in [0.2, 0.25) is 5.91 Å². The van der Waals surface area contributed by atoms with Gasteiger partial charge in [-0.15, -0.1) is 0 Å². The van der Waals surface area contributed by atoms with E-state index in [9.17, 15) is 4.79 Å². The summed E-state index contributed by atoms with van der Waals surface area (Å²) in [7, 11) is 1.82. The molecular weight excluding hydrogens is 376 g/mol. The minimum atomic E-state index is -0.280. The maximum atomic E-state index is 13.2. The molecule has 7 heteroatoms. The number of pyridine rings is 1. The van der Waals surface area contributed by atoms with E-state index in [-0.39, 0.29) is 11.9 Å². The Labute approximate surface area is 176 Å². The molecule has 2 aromatic heterocycles. The number of likely N-dealkylation sites (tertiary alicyclic amines) is 1. The van der Waals surface area contributed by atoms with Crippen LogP contribution in [0.2, 0.25) is 0 Å². The van der Waals surface area contributed by atoms with Gasteiger partial charge in [0.1, 0.15) is 11.9 Å². The number of carbonyl (C=O) groups is 1. The lowest BCUT2D eigenvalue weighted by Gasteiger charge is -2.27. The molecule has 3 aromatic rings. The van der Waals surface area contributed by atoms with E-state index in [1.807, 2.05) is 55.6 Å². The summed E-state index contributed by atoms with van der Waals surface area (Å²) < 4.78 is 0. The summed E-state index contributed by atoms with van der Waals surface area (Å²) in [5.41, 5.74) is 2.60. The normalized spacial score (nSPS) is 15.0. The molecule has 0 unspecified atom stereocenters. The van der Waals surface area contributed by atoms with Crippen LogP contribution in [0.3, 0.4) is 0 Å². The Hall–Kier alpha value is -3.32. The fraction of sp³-hybridized carbons (Fsp3) is 0.304. The molecule has 1 amide bonds. The van der Waals surface area contributed by atoms with Crippen LogP contribution in [0, 0.1) is 0 Å². The van der Waals surface area contributed by atoms with Gasteiger partial charge in [0.05, 0.1) is 12.2 Å². The average molecular weight is 403 g/mol. The van der Waals surface area contributed by atoms with Gasteiger partial charge in [0.25, 0.3) is 0 Å². The highest BCUT2D eigenvalue weighted by Gasteiger charge is 2.29. The minimum Gasteiger partial charge on any atom is -0.373 e. The lowest BCUT2D eigenvalue weighted by Crippen LogP contribution is -2.39. The number of hydrogen-bond donors (Lipinski definition) is 2. The van der Waals surface area contributed by atoms with Gasteiger partial charge in [-0.05, 0) is 43.6 Å². The van der Waals surface area contributed by atoms with Crippen molar-refractivity contribution >= 4 is 11.7 Å². The van der Waals surface area contributed by atoms with Crippen molar-refractivity contribution in [2.75, 3.05) is 25.5 Å². The second kappa shape index (κ2) is 9.45. The second-order valence-electron chi connectivity index (χ2n) is 7.33. The van der Waals surface area contributed by atoms with Gasteiger partial charge >= 0.3 is 0 Å². The molecule has 1 aromatic carbocycles. The summed E-state index contributed by atoms with van der Waals surface area (Å²) in [6.45, 7) is 2.21. The molecule has 7 nitrogen and oxygen atoms in total. The summed E-state index contributed by atoms with van der Waals surface area (Å²) >= 11 is 0. The van der Waals surface area contributed by atoms with Crippen LogP contribution >= 0.6 is 0 Å². The summed E-state index contributed by atoms with van der Waals surface area (Å²) in [5.74, 6) is 1.28. The molecule has 3 heterocycles. The summed E-state index contributed by atoms with van der Waals surface area (Å²) in [6, 6.07) is 15.3. The molecule has 0 spiro atoms. The number of hydrogen-bond acceptors (Lipinski definition) is 6. The Morgan fingerprint density at radius 2 is 1.90 bits per heavy atom. The monoisotopic (exact) mass is 402 g/mol. The van der Waals surface area contributed by atoms with Gasteiger partial charge in [0.15, 0.2) is 5.82 Å². The highest BCUT2D eigenvalue weighted by atomic mass is 16.2. The first-order chi connectivity index (χ1) is 14.7. The molecule has 154 valence electrons. The van der Waals surface area contributed by atoms with Crippen LogP contribution in [0.4, 0.5) is 5.82 Å². The van der Waals surface area contributed by atoms with Crippen LogP contribution in [0.15, 0.2) is 60.9 Å². The highest BCUT2D eigenvalue weighted by Crippen LogP contribution is 2.25. The molecule has 0 saturated carbocycles. The van der Waals surface area contributed by atoms with E-state index < -0.39 is 0 Å². The minimum absolute atomic E-state index is 0.00403. The molecular formula is C23H26N6O. The molecule has 1 fully saturated rings. The van der Waals surface area contributed by atoms with Crippen LogP contribution in [0.5, 0.6) is 0 Å². The maximum Gasteiger partial charge on any atom is 0.242 e. The number of aromatic nitrogens is 3. The van der Waals surface area contributed by atoms with Crippen LogP contribution in [-0.4, -0.2) is 45.9 Å². The zero-order valence-corrected chi connectivity index (χ0v) is 17.1. The first-order valence-electron chi connectivity index (χ1n) is 10.3. The molecule has 0 radical (unpaired) electrons. The Bertz CT molecular complexity index is 973. The van der Waals surface area contributed by atoms with E-state index >= 15 is 0 Å². The number of amides is 1. The SMILES string of the molecule is CNc1cc(CNC(=O)[C@H](c2ccccc2)N2CCCC2)nc(-c2cccnc2)n1. The molecule has 0 bridgehead atoms. The Balaban J connectivity index is 1.53. The lowest BCUT2D eigenvalue weighted by molar-refractivity contribution is -0.126. The Morgan fingerprint density at radius 1 is 1.10 bits per heavy atom. The largest absolute Gasteiger partial charge is 0.373 e. The predicted octanol–water partition coefficient (Wildman–Crippen LogP) is 3.03. The summed E-state index contributed by atoms with van der Waals surface area (Å²) in [6.07, 6.45) is 5.70. The average Bonchev–Trinajstić information content (AvgIpc) is 3.33. The molecule has 1 aliphatic heterocycles. The van der Waals surface area contributed by atoms with E-state index in [0.717, 1.165) is 42.8 Å². The number of nitrogens with one attached hydrogen (secondary N) is 2. The molecule has 30 heavy (non-hydrogen) atoms. The van der Waals surface area contributed by atoms with Gasteiger partial charge in [-0.2, -0.15) is 0 Å².